The first-order valence-corrected chi connectivity index (χ1v) is 13.7. The summed E-state index contributed by atoms with van der Waals surface area (Å²) in [5, 5.41) is 14.0. The molecule has 0 spiro atoms. The molecule has 178 valence electrons. The first kappa shape index (κ1) is 23.9. The van der Waals surface area contributed by atoms with E-state index in [9.17, 15) is 14.7 Å². The second kappa shape index (κ2) is 9.66. The smallest absolute Gasteiger partial charge is 0.336 e. The molecule has 0 aliphatic carbocycles. The Labute approximate surface area is 218 Å². The normalized spacial score (nSPS) is 15.1. The molecule has 1 N–H and O–H groups in total. The Morgan fingerprint density at radius 3 is 2.80 bits per heavy atom. The first-order valence-electron chi connectivity index (χ1n) is 10.8. The topological polar surface area (TPSA) is 66.4 Å². The van der Waals surface area contributed by atoms with E-state index in [1.165, 1.54) is 11.3 Å². The van der Waals surface area contributed by atoms with E-state index in [-0.39, 0.29) is 5.56 Å². The maximum atomic E-state index is 13.4. The fraction of sp³-hybridized carbons (Fsp3) is 0.160. The molecule has 1 aliphatic heterocycles. The highest BCUT2D eigenvalue weighted by Gasteiger charge is 2.25. The number of aromatic nitrogens is 2. The van der Waals surface area contributed by atoms with Gasteiger partial charge in [-0.2, -0.15) is 4.57 Å². The summed E-state index contributed by atoms with van der Waals surface area (Å²) in [6.07, 6.45) is 3.95. The van der Waals surface area contributed by atoms with Crippen LogP contribution in [-0.4, -0.2) is 22.7 Å². The number of carboxylic acids is 1. The van der Waals surface area contributed by atoms with Gasteiger partial charge in [-0.3, -0.25) is 9.36 Å². The maximum Gasteiger partial charge on any atom is 0.336 e. The Morgan fingerprint density at radius 1 is 1.23 bits per heavy atom. The van der Waals surface area contributed by atoms with Crippen molar-refractivity contribution in [2.75, 3.05) is 11.9 Å². The number of nitrogens with zero attached hydrogens (tertiary/aromatic N) is 3. The molecule has 10 heteroatoms. The molecule has 4 aromatic rings. The van der Waals surface area contributed by atoms with Gasteiger partial charge in [0.25, 0.3) is 10.6 Å². The molecular weight excluding hydrogens is 522 g/mol. The lowest BCUT2D eigenvalue weighted by atomic mass is 10.1. The summed E-state index contributed by atoms with van der Waals surface area (Å²) in [7, 11) is 1.97. The standard InChI is InChI=1S/C25H20ClN3O3S3/c1-3-29-21(13-20-28(10-11-33-20)14-15-6-4-5-7-17(15)25(31)32)35-22(23(29)30)24-27(2)18-9-8-16(26)12-19(18)34-24/h4-13H,3,14H2,1-2H3/p+1/b24-22+. The lowest BCUT2D eigenvalue weighted by molar-refractivity contribution is -0.685. The second-order valence-corrected chi connectivity index (χ2v) is 11.3. The van der Waals surface area contributed by atoms with Crippen molar-refractivity contribution in [2.24, 2.45) is 0 Å². The van der Waals surface area contributed by atoms with Crippen LogP contribution in [0.5, 0.6) is 0 Å². The van der Waals surface area contributed by atoms with Crippen LogP contribution in [0.25, 0.3) is 11.1 Å². The summed E-state index contributed by atoms with van der Waals surface area (Å²) >= 11 is 10.8. The Hall–Kier alpha value is -2.85. The minimum Gasteiger partial charge on any atom is -0.478 e. The monoisotopic (exact) mass is 542 g/mol. The minimum absolute atomic E-state index is 0.0173. The van der Waals surface area contributed by atoms with Crippen molar-refractivity contribution in [1.82, 2.24) is 4.57 Å². The predicted molar refractivity (Wildman–Crippen MR) is 143 cm³/mol. The quantitative estimate of drug-likeness (QED) is 0.388. The van der Waals surface area contributed by atoms with Gasteiger partial charge in [0.1, 0.15) is 14.2 Å². The molecule has 3 heterocycles. The minimum atomic E-state index is -0.942. The van der Waals surface area contributed by atoms with E-state index in [1.807, 2.05) is 71.4 Å². The second-order valence-electron chi connectivity index (χ2n) is 7.87. The molecule has 0 amide bonds. The zero-order valence-corrected chi connectivity index (χ0v) is 22.1. The van der Waals surface area contributed by atoms with Crippen molar-refractivity contribution in [3.8, 4) is 0 Å². The van der Waals surface area contributed by atoms with Crippen molar-refractivity contribution < 1.29 is 14.5 Å². The first-order chi connectivity index (χ1) is 16.9. The number of rotatable bonds is 5. The molecule has 0 fully saturated rings. The summed E-state index contributed by atoms with van der Waals surface area (Å²) < 4.78 is 5.34. The van der Waals surface area contributed by atoms with Crippen LogP contribution >= 0.6 is 46.0 Å². The van der Waals surface area contributed by atoms with Crippen molar-refractivity contribution in [1.29, 1.82) is 0 Å². The third kappa shape index (κ3) is 4.45. The fourth-order valence-electron chi connectivity index (χ4n) is 4.01. The average molecular weight is 543 g/mol. The number of thioether (sulfide) groups is 1. The van der Waals surface area contributed by atoms with Crippen LogP contribution in [0.1, 0.15) is 27.9 Å². The SMILES string of the molecule is CCn1c(=O)/c(=C2\Sc3cc(Cl)ccc3N2C)s/c1=C\c1scc[n+]1Cc1ccccc1C(=O)O. The highest BCUT2D eigenvalue weighted by molar-refractivity contribution is 8.08. The Kier molecular flexibility index (Phi) is 6.59. The third-order valence-electron chi connectivity index (χ3n) is 5.77. The number of halogens is 1. The van der Waals surface area contributed by atoms with Crippen LogP contribution in [0.2, 0.25) is 5.02 Å². The summed E-state index contributed by atoms with van der Waals surface area (Å²) in [6, 6.07) is 12.8. The Balaban J connectivity index is 1.60. The Morgan fingerprint density at radius 2 is 2.03 bits per heavy atom. The highest BCUT2D eigenvalue weighted by atomic mass is 35.5. The maximum absolute atomic E-state index is 13.4. The molecule has 0 saturated heterocycles. The summed E-state index contributed by atoms with van der Waals surface area (Å²) in [5.74, 6) is -0.942. The molecule has 0 unspecified atom stereocenters. The Bertz CT molecular complexity index is 1640. The predicted octanol–water partition coefficient (Wildman–Crippen LogP) is 3.82. The molecule has 5 rings (SSSR count). The highest BCUT2D eigenvalue weighted by Crippen LogP contribution is 2.46. The molecular formula is C25H21ClN3O3S3+. The van der Waals surface area contributed by atoms with E-state index in [2.05, 4.69) is 0 Å². The number of anilines is 1. The van der Waals surface area contributed by atoms with Crippen LogP contribution in [0, 0.1) is 0 Å². The van der Waals surface area contributed by atoms with Gasteiger partial charge in [0.15, 0.2) is 12.7 Å². The molecule has 2 aromatic heterocycles. The van der Waals surface area contributed by atoms with Gasteiger partial charge in [-0.25, -0.2) is 4.79 Å². The van der Waals surface area contributed by atoms with Gasteiger partial charge < -0.3 is 10.0 Å². The van der Waals surface area contributed by atoms with E-state index in [1.54, 1.807) is 39.8 Å². The largest absolute Gasteiger partial charge is 0.478 e. The van der Waals surface area contributed by atoms with Crippen LogP contribution in [0.3, 0.4) is 0 Å². The number of aromatic carboxylic acids is 1. The van der Waals surface area contributed by atoms with Crippen molar-refractivity contribution >= 4 is 68.8 Å². The molecule has 0 saturated carbocycles. The number of thiazole rings is 2. The lowest BCUT2D eigenvalue weighted by Crippen LogP contribution is -2.36. The molecule has 0 radical (unpaired) electrons. The number of benzene rings is 2. The van der Waals surface area contributed by atoms with Crippen molar-refractivity contribution in [3.63, 3.8) is 0 Å². The summed E-state index contributed by atoms with van der Waals surface area (Å²) in [5.41, 5.74) is 2.03. The number of hydrogen-bond acceptors (Lipinski definition) is 6. The summed E-state index contributed by atoms with van der Waals surface area (Å²) in [6.45, 7) is 2.94. The molecule has 35 heavy (non-hydrogen) atoms. The zero-order valence-electron chi connectivity index (χ0n) is 18.9. The van der Waals surface area contributed by atoms with E-state index in [4.69, 9.17) is 11.6 Å². The van der Waals surface area contributed by atoms with E-state index >= 15 is 0 Å². The van der Waals surface area contributed by atoms with Crippen LogP contribution in [-0.2, 0) is 13.1 Å². The van der Waals surface area contributed by atoms with Gasteiger partial charge in [0, 0.05) is 29.1 Å². The van der Waals surface area contributed by atoms with Gasteiger partial charge in [-0.05, 0) is 31.2 Å². The van der Waals surface area contributed by atoms with Crippen molar-refractivity contribution in [3.05, 3.63) is 94.7 Å². The molecule has 6 nitrogen and oxygen atoms in total. The molecule has 1 aliphatic rings. The zero-order chi connectivity index (χ0) is 24.7. The third-order valence-corrected chi connectivity index (χ3v) is 9.32. The fourth-order valence-corrected chi connectivity index (χ4v) is 7.61. The summed E-state index contributed by atoms with van der Waals surface area (Å²) in [4.78, 5) is 28.1. The molecule has 2 aromatic carbocycles. The lowest BCUT2D eigenvalue weighted by Gasteiger charge is -2.12. The van der Waals surface area contributed by atoms with Gasteiger partial charge in [0.2, 0.25) is 0 Å². The van der Waals surface area contributed by atoms with E-state index in [0.717, 1.165) is 30.8 Å². The van der Waals surface area contributed by atoms with Crippen LogP contribution in [0.15, 0.2) is 63.7 Å². The molecule has 0 bridgehead atoms. The van der Waals surface area contributed by atoms with Gasteiger partial charge >= 0.3 is 5.97 Å². The molecule has 0 atom stereocenters. The van der Waals surface area contributed by atoms with E-state index < -0.39 is 5.97 Å². The van der Waals surface area contributed by atoms with Gasteiger partial charge in [-0.1, -0.05) is 52.9 Å². The number of carboxylic acid groups (broad SMARTS) is 1. The number of hydrogen-bond donors (Lipinski definition) is 1. The van der Waals surface area contributed by atoms with Gasteiger partial charge in [0.05, 0.1) is 22.7 Å². The van der Waals surface area contributed by atoms with Gasteiger partial charge in [-0.15, -0.1) is 11.3 Å². The number of fused-ring (bicyclic) bond motifs is 1. The average Bonchev–Trinajstić information content (AvgIpc) is 3.50. The van der Waals surface area contributed by atoms with Crippen LogP contribution in [0.4, 0.5) is 5.69 Å². The van der Waals surface area contributed by atoms with Crippen LogP contribution < -0.4 is 24.2 Å². The van der Waals surface area contributed by atoms with E-state index in [0.29, 0.717) is 28.2 Å². The van der Waals surface area contributed by atoms with Crippen molar-refractivity contribution in [2.45, 2.75) is 24.9 Å². The number of carbonyl (C=O) groups is 1.